The minimum Gasteiger partial charge on any atom is -0.508 e. The van der Waals surface area contributed by atoms with E-state index < -0.39 is 0 Å². The zero-order valence-corrected chi connectivity index (χ0v) is 16.5. The second-order valence-corrected chi connectivity index (χ2v) is 5.93. The monoisotopic (exact) mass is 451 g/mol. The Morgan fingerprint density at radius 3 is 2.26 bits per heavy atom. The largest absolute Gasteiger partial charge is 0.508 e. The quantitative estimate of drug-likeness (QED) is 0.380. The van der Waals surface area contributed by atoms with Crippen LogP contribution in [0.15, 0.2) is 79.3 Å². The third-order valence-electron chi connectivity index (χ3n) is 3.65. The average molecular weight is 452 g/mol. The third-order valence-corrected chi connectivity index (χ3v) is 3.65. The number of phenolic OH excluding ortho intramolecular Hbond substituents is 1. The van der Waals surface area contributed by atoms with Crippen molar-refractivity contribution in [2.75, 3.05) is 0 Å². The fraction of sp³-hybridized carbons (Fsp3) is 0.143. The number of phenols is 1. The van der Waals surface area contributed by atoms with E-state index in [4.69, 9.17) is 5.11 Å². The Bertz CT molecular complexity index is 852. The molecule has 0 unspecified atom stereocenters. The van der Waals surface area contributed by atoms with Crippen LogP contribution < -0.4 is 0 Å². The first-order chi connectivity index (χ1) is 12.7. The van der Waals surface area contributed by atoms with Crippen molar-refractivity contribution in [1.82, 2.24) is 19.3 Å². The van der Waals surface area contributed by atoms with Crippen LogP contribution in [0.25, 0.3) is 0 Å². The zero-order chi connectivity index (χ0) is 18.2. The smallest absolute Gasteiger partial charge is 0.115 e. The van der Waals surface area contributed by atoms with Crippen molar-refractivity contribution < 1.29 is 25.5 Å². The van der Waals surface area contributed by atoms with Crippen molar-refractivity contribution in [3.05, 3.63) is 102 Å². The van der Waals surface area contributed by atoms with Crippen LogP contribution in [-0.2, 0) is 33.5 Å². The molecule has 0 atom stereocenters. The molecule has 3 aromatic heterocycles. The minimum absolute atomic E-state index is 0. The van der Waals surface area contributed by atoms with Crippen LogP contribution >= 0.6 is 0 Å². The van der Waals surface area contributed by atoms with Gasteiger partial charge in [0.1, 0.15) is 5.75 Å². The molecular weight excluding hydrogens is 431 g/mol. The van der Waals surface area contributed by atoms with Gasteiger partial charge in [0.25, 0.3) is 0 Å². The summed E-state index contributed by atoms with van der Waals surface area (Å²) in [5.74, 6) is 0.322. The molecule has 4 rings (SSSR count). The molecule has 0 aliphatic carbocycles. The van der Waals surface area contributed by atoms with E-state index in [1.807, 2.05) is 45.9 Å². The Balaban J connectivity index is 0.000000278. The summed E-state index contributed by atoms with van der Waals surface area (Å²) in [6.07, 6.45) is 8.86. The zero-order valence-electron chi connectivity index (χ0n) is 15.0. The van der Waals surface area contributed by atoms with Crippen molar-refractivity contribution in [3.63, 3.8) is 0 Å². The molecule has 6 heteroatoms. The SMILES string of the molecule is Cc1cc(Cn2[c-]ccc2)nc(Cn2cccn2)c1.Oc1ccccc1.[Pd]. The maximum Gasteiger partial charge on any atom is 0.115 e. The number of aryl methyl sites for hydroxylation is 1. The number of rotatable bonds is 4. The number of para-hydroxylation sites is 1. The molecule has 1 N–H and O–H groups in total. The number of benzene rings is 1. The molecule has 1 aromatic carbocycles. The Hall–Kier alpha value is -2.68. The first-order valence-corrected chi connectivity index (χ1v) is 8.40. The van der Waals surface area contributed by atoms with Gasteiger partial charge in [-0.25, -0.2) is 0 Å². The summed E-state index contributed by atoms with van der Waals surface area (Å²) in [4.78, 5) is 4.68. The molecule has 0 spiro atoms. The van der Waals surface area contributed by atoms with Gasteiger partial charge in [-0.15, -0.1) is 12.4 Å². The van der Waals surface area contributed by atoms with Gasteiger partial charge in [-0.1, -0.05) is 18.2 Å². The first kappa shape index (κ1) is 20.6. The Kier molecular flexibility index (Phi) is 8.00. The van der Waals surface area contributed by atoms with Crippen LogP contribution in [0.4, 0.5) is 0 Å². The van der Waals surface area contributed by atoms with Crippen LogP contribution in [-0.4, -0.2) is 24.4 Å². The fourth-order valence-corrected chi connectivity index (χ4v) is 2.57. The predicted molar refractivity (Wildman–Crippen MR) is 101 cm³/mol. The number of aromatic nitrogens is 4. The van der Waals surface area contributed by atoms with Gasteiger partial charge in [-0.2, -0.15) is 17.2 Å². The number of pyridine rings is 1. The average Bonchev–Trinajstić information content (AvgIpc) is 3.30. The number of aromatic hydroxyl groups is 1. The summed E-state index contributed by atoms with van der Waals surface area (Å²) in [6.45, 7) is 3.55. The number of hydrogen-bond donors (Lipinski definition) is 1. The molecule has 0 amide bonds. The molecule has 0 bridgehead atoms. The van der Waals surface area contributed by atoms with E-state index in [1.54, 1.807) is 30.5 Å². The van der Waals surface area contributed by atoms with Gasteiger partial charge in [0.05, 0.1) is 17.9 Å². The van der Waals surface area contributed by atoms with Crippen molar-refractivity contribution in [2.24, 2.45) is 0 Å². The molecule has 0 aliphatic rings. The topological polar surface area (TPSA) is 55.9 Å². The van der Waals surface area contributed by atoms with Crippen molar-refractivity contribution in [1.29, 1.82) is 0 Å². The van der Waals surface area contributed by atoms with Crippen LogP contribution in [0.1, 0.15) is 17.0 Å². The Labute approximate surface area is 173 Å². The van der Waals surface area contributed by atoms with E-state index in [2.05, 4.69) is 35.3 Å². The molecule has 0 saturated heterocycles. The van der Waals surface area contributed by atoms with Crippen LogP contribution in [0.3, 0.4) is 0 Å². The minimum atomic E-state index is 0. The summed E-state index contributed by atoms with van der Waals surface area (Å²) in [6, 6.07) is 18.7. The van der Waals surface area contributed by atoms with Crippen LogP contribution in [0.2, 0.25) is 0 Å². The van der Waals surface area contributed by atoms with Crippen molar-refractivity contribution in [3.8, 4) is 5.75 Å². The van der Waals surface area contributed by atoms with E-state index in [1.165, 1.54) is 5.56 Å². The van der Waals surface area contributed by atoms with Crippen LogP contribution in [0.5, 0.6) is 5.75 Å². The van der Waals surface area contributed by atoms with Gasteiger partial charge in [0.15, 0.2) is 0 Å². The molecular formula is C21H21N4OPd-. The number of hydrogen-bond acceptors (Lipinski definition) is 3. The molecule has 3 heterocycles. The molecule has 4 aromatic rings. The fourth-order valence-electron chi connectivity index (χ4n) is 2.57. The van der Waals surface area contributed by atoms with E-state index >= 15 is 0 Å². The maximum atomic E-state index is 8.63. The second-order valence-electron chi connectivity index (χ2n) is 5.93. The summed E-state index contributed by atoms with van der Waals surface area (Å²) in [7, 11) is 0. The van der Waals surface area contributed by atoms with Gasteiger partial charge >= 0.3 is 0 Å². The molecule has 5 nitrogen and oxygen atoms in total. The Morgan fingerprint density at radius 1 is 0.963 bits per heavy atom. The van der Waals surface area contributed by atoms with Gasteiger partial charge in [0, 0.05) is 39.4 Å². The van der Waals surface area contributed by atoms with E-state index in [0.717, 1.165) is 17.9 Å². The van der Waals surface area contributed by atoms with Crippen molar-refractivity contribution in [2.45, 2.75) is 20.0 Å². The third kappa shape index (κ3) is 6.86. The molecule has 0 radical (unpaired) electrons. The Morgan fingerprint density at radius 2 is 1.70 bits per heavy atom. The van der Waals surface area contributed by atoms with Gasteiger partial charge < -0.3 is 9.67 Å². The van der Waals surface area contributed by atoms with Gasteiger partial charge in [-0.3, -0.25) is 9.67 Å². The van der Waals surface area contributed by atoms with Crippen LogP contribution in [0, 0.1) is 13.1 Å². The van der Waals surface area contributed by atoms with Gasteiger partial charge in [-0.05, 0) is 42.8 Å². The molecule has 0 saturated carbocycles. The predicted octanol–water partition coefficient (Wildman–Crippen LogP) is 3.67. The standard InChI is InChI=1S/C15H15N4.C6H6O.Pd/c1-13-9-14(11-18-6-2-3-7-18)17-15(10-13)12-19-8-4-5-16-19;7-6-4-2-1-3-5-6;/h2-6,8-10H,11-12H2,1H3;1-5,7H;/q-1;;. The molecule has 0 aliphatic heterocycles. The van der Waals surface area contributed by atoms with E-state index in [-0.39, 0.29) is 20.4 Å². The summed E-state index contributed by atoms with van der Waals surface area (Å²) >= 11 is 0. The van der Waals surface area contributed by atoms with Gasteiger partial charge in [0.2, 0.25) is 0 Å². The maximum absolute atomic E-state index is 8.63. The first-order valence-electron chi connectivity index (χ1n) is 8.40. The molecule has 0 fully saturated rings. The molecule has 27 heavy (non-hydrogen) atoms. The number of nitrogens with zero attached hydrogens (tertiary/aromatic N) is 4. The van der Waals surface area contributed by atoms with Crippen molar-refractivity contribution >= 4 is 0 Å². The summed E-state index contributed by atoms with van der Waals surface area (Å²) in [5.41, 5.74) is 3.31. The van der Waals surface area contributed by atoms with E-state index in [9.17, 15) is 0 Å². The van der Waals surface area contributed by atoms with E-state index in [0.29, 0.717) is 12.3 Å². The molecule has 142 valence electrons. The summed E-state index contributed by atoms with van der Waals surface area (Å²) < 4.78 is 3.88. The normalized spacial score (nSPS) is 9.81. The summed E-state index contributed by atoms with van der Waals surface area (Å²) in [5, 5.41) is 12.8. The second kappa shape index (κ2) is 10.5.